The van der Waals surface area contributed by atoms with Crippen LogP contribution in [0.1, 0.15) is 51.4 Å². The molecule has 0 aromatic heterocycles. The van der Waals surface area contributed by atoms with Crippen LogP contribution in [0.4, 0.5) is 0 Å². The molecule has 20 heavy (non-hydrogen) atoms. The third kappa shape index (κ3) is 3.55. The van der Waals surface area contributed by atoms with Crippen molar-refractivity contribution in [2.45, 2.75) is 51.4 Å². The lowest BCUT2D eigenvalue weighted by molar-refractivity contribution is 0.0572. The van der Waals surface area contributed by atoms with Crippen LogP contribution in [0.2, 0.25) is 0 Å². The van der Waals surface area contributed by atoms with E-state index in [1.54, 1.807) is 0 Å². The van der Waals surface area contributed by atoms with Gasteiger partial charge in [-0.25, -0.2) is 0 Å². The molecule has 0 bridgehead atoms. The van der Waals surface area contributed by atoms with E-state index < -0.39 is 0 Å². The van der Waals surface area contributed by atoms with E-state index in [9.17, 15) is 5.11 Å². The van der Waals surface area contributed by atoms with Crippen LogP contribution in [0.25, 0.3) is 0 Å². The normalized spacial score (nSPS) is 29.2. The second-order valence-corrected chi connectivity index (χ2v) is 7.59. The first kappa shape index (κ1) is 14.8. The molecular weight excluding hydrogens is 248 g/mol. The van der Waals surface area contributed by atoms with Gasteiger partial charge in [0.1, 0.15) is 0 Å². The fourth-order valence-corrected chi connectivity index (χ4v) is 4.62. The predicted octanol–water partition coefficient (Wildman–Crippen LogP) is 2.35. The van der Waals surface area contributed by atoms with E-state index in [4.69, 9.17) is 0 Å². The molecule has 3 aliphatic rings. The molecule has 0 amide bonds. The average molecular weight is 280 g/mol. The van der Waals surface area contributed by atoms with Crippen LogP contribution >= 0.6 is 0 Å². The first-order chi connectivity index (χ1) is 9.80. The van der Waals surface area contributed by atoms with Gasteiger partial charge < -0.3 is 14.9 Å². The van der Waals surface area contributed by atoms with Crippen molar-refractivity contribution in [2.75, 3.05) is 45.9 Å². The van der Waals surface area contributed by atoms with E-state index in [1.807, 2.05) is 0 Å². The topological polar surface area (TPSA) is 26.7 Å². The van der Waals surface area contributed by atoms with E-state index in [1.165, 1.54) is 84.1 Å². The fourth-order valence-electron chi connectivity index (χ4n) is 4.62. The first-order valence-corrected chi connectivity index (χ1v) is 8.85. The van der Waals surface area contributed by atoms with Gasteiger partial charge in [-0.1, -0.05) is 12.8 Å². The second-order valence-electron chi connectivity index (χ2n) is 7.59. The maximum atomic E-state index is 9.76. The summed E-state index contributed by atoms with van der Waals surface area (Å²) in [6.07, 6.45) is 10.7. The minimum atomic E-state index is 0.252. The molecule has 0 radical (unpaired) electrons. The Kier molecular flexibility index (Phi) is 5.00. The molecular formula is C17H32N2O. The molecule has 2 aliphatic heterocycles. The van der Waals surface area contributed by atoms with Gasteiger partial charge in [0.2, 0.25) is 0 Å². The van der Waals surface area contributed by atoms with Gasteiger partial charge in [-0.15, -0.1) is 0 Å². The highest BCUT2D eigenvalue weighted by atomic mass is 16.3. The Bertz CT molecular complexity index is 287. The maximum absolute atomic E-state index is 9.76. The largest absolute Gasteiger partial charge is 0.396 e. The van der Waals surface area contributed by atoms with Gasteiger partial charge in [0.25, 0.3) is 0 Å². The van der Waals surface area contributed by atoms with Gasteiger partial charge in [0.15, 0.2) is 0 Å². The van der Waals surface area contributed by atoms with Crippen LogP contribution in [0, 0.1) is 11.3 Å². The highest BCUT2D eigenvalue weighted by Gasteiger charge is 2.36. The molecule has 3 rings (SSSR count). The summed E-state index contributed by atoms with van der Waals surface area (Å²) in [6, 6.07) is 0. The van der Waals surface area contributed by atoms with Crippen LogP contribution in [-0.4, -0.2) is 60.8 Å². The number of aliphatic hydroxyl groups excluding tert-OH is 1. The lowest BCUT2D eigenvalue weighted by Gasteiger charge is -2.39. The fraction of sp³-hybridized carbons (Fsp3) is 1.00. The molecule has 3 nitrogen and oxygen atoms in total. The second kappa shape index (κ2) is 6.76. The Balaban J connectivity index is 1.41. The minimum Gasteiger partial charge on any atom is -0.396 e. The van der Waals surface area contributed by atoms with Crippen LogP contribution in [0.3, 0.4) is 0 Å². The van der Waals surface area contributed by atoms with Gasteiger partial charge in [-0.3, -0.25) is 0 Å². The Labute approximate surface area is 124 Å². The third-order valence-corrected chi connectivity index (χ3v) is 5.98. The quantitative estimate of drug-likeness (QED) is 0.837. The molecule has 1 aliphatic carbocycles. The van der Waals surface area contributed by atoms with E-state index in [2.05, 4.69) is 9.80 Å². The summed E-state index contributed by atoms with van der Waals surface area (Å²) in [4.78, 5) is 5.31. The summed E-state index contributed by atoms with van der Waals surface area (Å²) >= 11 is 0. The molecule has 3 heteroatoms. The molecule has 2 heterocycles. The average Bonchev–Trinajstić information content (AvgIpc) is 3.13. The van der Waals surface area contributed by atoms with Gasteiger partial charge in [-0.2, -0.15) is 0 Å². The molecule has 0 aromatic rings. The lowest BCUT2D eigenvalue weighted by atomic mass is 9.85. The summed E-state index contributed by atoms with van der Waals surface area (Å²) in [5.74, 6) is 0.929. The van der Waals surface area contributed by atoms with Crippen LogP contribution in [-0.2, 0) is 0 Å². The molecule has 3 fully saturated rings. The maximum Gasteiger partial charge on any atom is 0.0499 e. The summed E-state index contributed by atoms with van der Waals surface area (Å²) in [5, 5.41) is 9.76. The van der Waals surface area contributed by atoms with Gasteiger partial charge >= 0.3 is 0 Å². The lowest BCUT2D eigenvalue weighted by Crippen LogP contribution is -2.44. The number of likely N-dealkylation sites (tertiary alicyclic amines) is 2. The molecule has 0 unspecified atom stereocenters. The number of rotatable bonds is 5. The monoisotopic (exact) mass is 280 g/mol. The Morgan fingerprint density at radius 3 is 2.10 bits per heavy atom. The number of piperidine rings is 1. The van der Waals surface area contributed by atoms with Crippen molar-refractivity contribution in [3.05, 3.63) is 0 Å². The zero-order valence-electron chi connectivity index (χ0n) is 13.0. The van der Waals surface area contributed by atoms with Crippen LogP contribution < -0.4 is 0 Å². The number of nitrogens with zero attached hydrogens (tertiary/aromatic N) is 2. The molecule has 0 aromatic carbocycles. The molecule has 1 N–H and O–H groups in total. The van der Waals surface area contributed by atoms with Crippen molar-refractivity contribution in [1.29, 1.82) is 0 Å². The van der Waals surface area contributed by atoms with Gasteiger partial charge in [0.05, 0.1) is 0 Å². The number of aliphatic hydroxyl groups is 1. The van der Waals surface area contributed by atoms with Crippen molar-refractivity contribution in [1.82, 2.24) is 9.80 Å². The Morgan fingerprint density at radius 2 is 1.50 bits per heavy atom. The molecule has 2 saturated heterocycles. The van der Waals surface area contributed by atoms with E-state index in [0.29, 0.717) is 6.61 Å². The summed E-state index contributed by atoms with van der Waals surface area (Å²) in [7, 11) is 0. The molecule has 1 saturated carbocycles. The van der Waals surface area contributed by atoms with Crippen molar-refractivity contribution in [3.63, 3.8) is 0 Å². The van der Waals surface area contributed by atoms with E-state index in [0.717, 1.165) is 12.5 Å². The van der Waals surface area contributed by atoms with Crippen molar-refractivity contribution in [3.8, 4) is 0 Å². The van der Waals surface area contributed by atoms with Crippen molar-refractivity contribution >= 4 is 0 Å². The SMILES string of the molecule is OCC1(CN2CCC(CN3CCCC3)CC2)CCCC1. The molecule has 0 atom stereocenters. The number of hydrogen-bond acceptors (Lipinski definition) is 3. The van der Waals surface area contributed by atoms with Crippen molar-refractivity contribution in [2.24, 2.45) is 11.3 Å². The smallest absolute Gasteiger partial charge is 0.0499 e. The highest BCUT2D eigenvalue weighted by Crippen LogP contribution is 2.39. The van der Waals surface area contributed by atoms with Gasteiger partial charge in [-0.05, 0) is 70.6 Å². The standard InChI is InChI=1S/C17H32N2O/c20-15-17(7-1-2-8-17)14-19-11-5-16(6-12-19)13-18-9-3-4-10-18/h16,20H,1-15H2. The van der Waals surface area contributed by atoms with Gasteiger partial charge in [0, 0.05) is 25.1 Å². The third-order valence-electron chi connectivity index (χ3n) is 5.98. The molecule has 0 spiro atoms. The van der Waals surface area contributed by atoms with Crippen LogP contribution in [0.5, 0.6) is 0 Å². The predicted molar refractivity (Wildman–Crippen MR) is 82.8 cm³/mol. The first-order valence-electron chi connectivity index (χ1n) is 8.85. The Morgan fingerprint density at radius 1 is 0.850 bits per heavy atom. The van der Waals surface area contributed by atoms with Crippen molar-refractivity contribution < 1.29 is 5.11 Å². The summed E-state index contributed by atoms with van der Waals surface area (Å²) < 4.78 is 0. The van der Waals surface area contributed by atoms with E-state index in [-0.39, 0.29) is 5.41 Å². The highest BCUT2D eigenvalue weighted by molar-refractivity contribution is 4.88. The summed E-state index contributed by atoms with van der Waals surface area (Å²) in [5.41, 5.74) is 0.252. The minimum absolute atomic E-state index is 0.252. The zero-order chi connectivity index (χ0) is 13.8. The van der Waals surface area contributed by atoms with E-state index >= 15 is 0 Å². The zero-order valence-corrected chi connectivity index (χ0v) is 13.0. The Hall–Kier alpha value is -0.120. The molecule has 116 valence electrons. The van der Waals surface area contributed by atoms with Crippen LogP contribution in [0.15, 0.2) is 0 Å². The summed E-state index contributed by atoms with van der Waals surface area (Å²) in [6.45, 7) is 8.11. The number of hydrogen-bond donors (Lipinski definition) is 1.